The van der Waals surface area contributed by atoms with E-state index in [1.807, 2.05) is 0 Å². The molecule has 0 radical (unpaired) electrons. The van der Waals surface area contributed by atoms with E-state index in [0.717, 1.165) is 51.4 Å². The van der Waals surface area contributed by atoms with Gasteiger partial charge in [0.05, 0.1) is 25.4 Å². The third-order valence-electron chi connectivity index (χ3n) is 14.5. The summed E-state index contributed by atoms with van der Waals surface area (Å²) >= 11 is 0. The number of amides is 1. The molecule has 69 heavy (non-hydrogen) atoms. The molecule has 0 aliphatic carbocycles. The lowest BCUT2D eigenvalue weighted by Gasteiger charge is -2.22. The van der Waals surface area contributed by atoms with Gasteiger partial charge in [-0.05, 0) is 51.4 Å². The van der Waals surface area contributed by atoms with E-state index in [-0.39, 0.29) is 18.5 Å². The molecule has 0 aromatic heterocycles. The molecule has 6 nitrogen and oxygen atoms in total. The normalized spacial score (nSPS) is 12.7. The molecule has 2 unspecified atom stereocenters. The van der Waals surface area contributed by atoms with Gasteiger partial charge < -0.3 is 20.3 Å². The van der Waals surface area contributed by atoms with Gasteiger partial charge in [0.25, 0.3) is 0 Å². The molecule has 0 aromatic carbocycles. The monoisotopic (exact) mass is 972 g/mol. The molecule has 0 spiro atoms. The van der Waals surface area contributed by atoms with Crippen LogP contribution in [0.4, 0.5) is 0 Å². The lowest BCUT2D eigenvalue weighted by atomic mass is 10.0. The van der Waals surface area contributed by atoms with Gasteiger partial charge in [-0.3, -0.25) is 9.59 Å². The molecule has 0 saturated heterocycles. The van der Waals surface area contributed by atoms with Crippen molar-refractivity contribution < 1.29 is 24.5 Å². The van der Waals surface area contributed by atoms with Crippen LogP contribution in [0, 0.1) is 0 Å². The summed E-state index contributed by atoms with van der Waals surface area (Å²) in [5.74, 6) is -0.0406. The standard InChI is InChI=1S/C63H121NO5/c1-3-5-7-9-11-13-15-17-18-19-20-22-25-28-32-35-39-43-47-51-55-61(66)60(59-65)64-62(67)56-52-48-44-40-36-33-29-26-23-21-24-27-30-34-38-42-46-50-54-58-69-63(68)57-53-49-45-41-37-31-16-14-12-10-8-6-4-2/h8,10,14,16,60-61,65-66H,3-7,9,11-13,15,17-59H2,1-2H3,(H,64,67)/b10-8-,16-14-. The number of rotatable bonds is 58. The highest BCUT2D eigenvalue weighted by atomic mass is 16.5. The van der Waals surface area contributed by atoms with Crippen LogP contribution in [-0.2, 0) is 14.3 Å². The van der Waals surface area contributed by atoms with Crippen molar-refractivity contribution in [3.8, 4) is 0 Å². The molecule has 0 bridgehead atoms. The van der Waals surface area contributed by atoms with Crippen LogP contribution >= 0.6 is 0 Å². The van der Waals surface area contributed by atoms with E-state index in [9.17, 15) is 19.8 Å². The number of carbonyl (C=O) groups excluding carboxylic acids is 2. The van der Waals surface area contributed by atoms with Crippen LogP contribution in [0.2, 0.25) is 0 Å². The van der Waals surface area contributed by atoms with Crippen LogP contribution in [0.25, 0.3) is 0 Å². The predicted molar refractivity (Wildman–Crippen MR) is 301 cm³/mol. The molecule has 0 rings (SSSR count). The summed E-state index contributed by atoms with van der Waals surface area (Å²) in [6.45, 7) is 4.90. The van der Waals surface area contributed by atoms with E-state index in [4.69, 9.17) is 4.74 Å². The molecular formula is C63H121NO5. The van der Waals surface area contributed by atoms with E-state index < -0.39 is 12.1 Å². The van der Waals surface area contributed by atoms with Crippen molar-refractivity contribution in [1.29, 1.82) is 0 Å². The van der Waals surface area contributed by atoms with Gasteiger partial charge in [0.1, 0.15) is 0 Å². The molecule has 0 fully saturated rings. The Morgan fingerprint density at radius 2 is 0.754 bits per heavy atom. The largest absolute Gasteiger partial charge is 0.466 e. The molecule has 1 amide bonds. The average Bonchev–Trinajstić information content (AvgIpc) is 3.35. The van der Waals surface area contributed by atoms with E-state index in [1.165, 1.54) is 257 Å². The van der Waals surface area contributed by atoms with Crippen molar-refractivity contribution in [2.24, 2.45) is 0 Å². The van der Waals surface area contributed by atoms with Gasteiger partial charge in [-0.25, -0.2) is 0 Å². The smallest absolute Gasteiger partial charge is 0.305 e. The summed E-state index contributed by atoms with van der Waals surface area (Å²) in [5.41, 5.74) is 0. The zero-order chi connectivity index (χ0) is 50.0. The maximum Gasteiger partial charge on any atom is 0.305 e. The number of aliphatic hydroxyl groups excluding tert-OH is 2. The molecule has 0 heterocycles. The third kappa shape index (κ3) is 55.5. The minimum Gasteiger partial charge on any atom is -0.466 e. The van der Waals surface area contributed by atoms with Gasteiger partial charge in [0.2, 0.25) is 5.91 Å². The third-order valence-corrected chi connectivity index (χ3v) is 14.5. The van der Waals surface area contributed by atoms with E-state index >= 15 is 0 Å². The van der Waals surface area contributed by atoms with Gasteiger partial charge in [0.15, 0.2) is 0 Å². The highest BCUT2D eigenvalue weighted by Crippen LogP contribution is 2.18. The van der Waals surface area contributed by atoms with Crippen LogP contribution in [0.3, 0.4) is 0 Å². The zero-order valence-electron chi connectivity index (χ0n) is 46.6. The fraction of sp³-hybridized carbons (Fsp3) is 0.905. The van der Waals surface area contributed by atoms with Crippen molar-refractivity contribution in [2.45, 2.75) is 353 Å². The lowest BCUT2D eigenvalue weighted by Crippen LogP contribution is -2.45. The Morgan fingerprint density at radius 3 is 1.16 bits per heavy atom. The molecule has 0 saturated carbocycles. The van der Waals surface area contributed by atoms with Gasteiger partial charge >= 0.3 is 5.97 Å². The number of ether oxygens (including phenoxy) is 1. The first kappa shape index (κ1) is 67.3. The summed E-state index contributed by atoms with van der Waals surface area (Å²) < 4.78 is 5.47. The summed E-state index contributed by atoms with van der Waals surface area (Å²) in [5, 5.41) is 23.4. The van der Waals surface area contributed by atoms with Crippen molar-refractivity contribution in [3.63, 3.8) is 0 Å². The van der Waals surface area contributed by atoms with Crippen molar-refractivity contribution in [2.75, 3.05) is 13.2 Å². The van der Waals surface area contributed by atoms with Crippen LogP contribution in [0.1, 0.15) is 341 Å². The van der Waals surface area contributed by atoms with Crippen molar-refractivity contribution >= 4 is 11.9 Å². The highest BCUT2D eigenvalue weighted by Gasteiger charge is 2.20. The van der Waals surface area contributed by atoms with Crippen LogP contribution < -0.4 is 5.32 Å². The summed E-state index contributed by atoms with van der Waals surface area (Å²) in [6.07, 6.45) is 71.8. The number of unbranched alkanes of at least 4 members (excludes halogenated alkanes) is 43. The molecule has 0 aromatic rings. The first-order valence-electron chi connectivity index (χ1n) is 31.1. The van der Waals surface area contributed by atoms with Crippen LogP contribution in [-0.4, -0.2) is 47.4 Å². The minimum atomic E-state index is -0.667. The minimum absolute atomic E-state index is 0.00569. The van der Waals surface area contributed by atoms with Gasteiger partial charge in [-0.1, -0.05) is 301 Å². The number of allylic oxidation sites excluding steroid dienone is 4. The number of esters is 1. The Hall–Kier alpha value is -1.66. The average molecular weight is 973 g/mol. The van der Waals surface area contributed by atoms with E-state index in [1.54, 1.807) is 0 Å². The molecule has 2 atom stereocenters. The molecule has 3 N–H and O–H groups in total. The van der Waals surface area contributed by atoms with Crippen molar-refractivity contribution in [1.82, 2.24) is 5.32 Å². The second kappa shape index (κ2) is 58.9. The Kier molecular flexibility index (Phi) is 57.5. The van der Waals surface area contributed by atoms with E-state index in [0.29, 0.717) is 25.9 Å². The van der Waals surface area contributed by atoms with Crippen LogP contribution in [0.15, 0.2) is 24.3 Å². The first-order valence-corrected chi connectivity index (χ1v) is 31.1. The summed E-state index contributed by atoms with van der Waals surface area (Å²) in [7, 11) is 0. The molecule has 408 valence electrons. The second-order valence-electron chi connectivity index (χ2n) is 21.4. The SMILES string of the molecule is CCC/C=C\C/C=C\CCCCCCCC(=O)OCCCCCCCCCCCCCCCCCCCCCC(=O)NC(CO)C(O)CCCCCCCCCCCCCCCCCCCCCC. The van der Waals surface area contributed by atoms with E-state index in [2.05, 4.69) is 43.5 Å². The number of hydrogen-bond acceptors (Lipinski definition) is 5. The van der Waals surface area contributed by atoms with Gasteiger partial charge in [-0.2, -0.15) is 0 Å². The molecule has 0 aliphatic rings. The maximum atomic E-state index is 12.5. The summed E-state index contributed by atoms with van der Waals surface area (Å²) in [4.78, 5) is 24.5. The Bertz CT molecular complexity index is 1080. The number of nitrogens with one attached hydrogen (secondary N) is 1. The molecule has 0 aliphatic heterocycles. The van der Waals surface area contributed by atoms with Crippen molar-refractivity contribution in [3.05, 3.63) is 24.3 Å². The lowest BCUT2D eigenvalue weighted by molar-refractivity contribution is -0.143. The fourth-order valence-electron chi connectivity index (χ4n) is 9.74. The Balaban J connectivity index is 3.41. The number of carbonyl (C=O) groups is 2. The Morgan fingerprint density at radius 1 is 0.406 bits per heavy atom. The fourth-order valence-corrected chi connectivity index (χ4v) is 9.74. The summed E-state index contributed by atoms with van der Waals surface area (Å²) in [6, 6.07) is -0.544. The highest BCUT2D eigenvalue weighted by molar-refractivity contribution is 5.76. The predicted octanol–water partition coefficient (Wildman–Crippen LogP) is 19.4. The molecule has 6 heteroatoms. The maximum absolute atomic E-state index is 12.5. The topological polar surface area (TPSA) is 95.9 Å². The zero-order valence-corrected chi connectivity index (χ0v) is 46.6. The quantitative estimate of drug-likeness (QED) is 0.0321. The first-order chi connectivity index (χ1) is 34.0. The molecular weight excluding hydrogens is 851 g/mol. The second-order valence-corrected chi connectivity index (χ2v) is 21.4. The number of aliphatic hydroxyl groups is 2. The van der Waals surface area contributed by atoms with Gasteiger partial charge in [-0.15, -0.1) is 0 Å². The Labute approximate surface area is 431 Å². The van der Waals surface area contributed by atoms with Crippen LogP contribution in [0.5, 0.6) is 0 Å². The number of hydrogen-bond donors (Lipinski definition) is 3. The van der Waals surface area contributed by atoms with Gasteiger partial charge in [0, 0.05) is 12.8 Å².